The van der Waals surface area contributed by atoms with Gasteiger partial charge in [0.2, 0.25) is 5.91 Å². The van der Waals surface area contributed by atoms with Crippen molar-refractivity contribution in [2.75, 3.05) is 26.2 Å². The Kier molecular flexibility index (Phi) is 5.81. The number of piperidine rings is 2. The molecular formula is C23H32N4O. The summed E-state index contributed by atoms with van der Waals surface area (Å²) in [5, 5.41) is 4.39. The molecule has 5 heteroatoms. The minimum Gasteiger partial charge on any atom is -0.342 e. The van der Waals surface area contributed by atoms with Crippen LogP contribution in [0.1, 0.15) is 43.7 Å². The first-order valence-electron chi connectivity index (χ1n) is 10.7. The van der Waals surface area contributed by atoms with Crippen molar-refractivity contribution in [2.24, 2.45) is 5.41 Å². The normalized spacial score (nSPS) is 20.0. The molecule has 4 rings (SSSR count). The molecule has 5 nitrogen and oxygen atoms in total. The highest BCUT2D eigenvalue weighted by molar-refractivity contribution is 5.77. The van der Waals surface area contributed by atoms with Crippen molar-refractivity contribution in [3.05, 3.63) is 53.9 Å². The average Bonchev–Trinajstić information content (AvgIpc) is 3.19. The van der Waals surface area contributed by atoms with Gasteiger partial charge in [-0.3, -0.25) is 14.4 Å². The van der Waals surface area contributed by atoms with Gasteiger partial charge in [-0.05, 0) is 56.7 Å². The molecule has 0 unspecified atom stereocenters. The molecule has 150 valence electrons. The standard InChI is InChI=1S/C23H32N4O/c1-2-27-18-21(16-24-27)17-25-14-11-23(12-15-25)10-8-22(28)26(19-23)13-9-20-6-4-3-5-7-20/h3-7,16,18H,2,8-15,17,19H2,1H3. The number of hydrogen-bond acceptors (Lipinski definition) is 3. The topological polar surface area (TPSA) is 41.4 Å². The van der Waals surface area contributed by atoms with Gasteiger partial charge in [0.15, 0.2) is 0 Å². The number of nitrogens with zero attached hydrogens (tertiary/aromatic N) is 4. The third kappa shape index (κ3) is 4.46. The highest BCUT2D eigenvalue weighted by Crippen LogP contribution is 2.40. The van der Waals surface area contributed by atoms with Crippen molar-refractivity contribution in [3.63, 3.8) is 0 Å². The van der Waals surface area contributed by atoms with Crippen LogP contribution in [0.2, 0.25) is 0 Å². The van der Waals surface area contributed by atoms with Gasteiger partial charge in [-0.15, -0.1) is 0 Å². The summed E-state index contributed by atoms with van der Waals surface area (Å²) in [6.45, 7) is 8.08. The number of carbonyl (C=O) groups is 1. The van der Waals surface area contributed by atoms with Gasteiger partial charge in [-0.2, -0.15) is 5.10 Å². The summed E-state index contributed by atoms with van der Waals surface area (Å²) < 4.78 is 2.00. The van der Waals surface area contributed by atoms with Crippen molar-refractivity contribution >= 4 is 5.91 Å². The first kappa shape index (κ1) is 19.2. The highest BCUT2D eigenvalue weighted by Gasteiger charge is 2.40. The molecule has 2 aliphatic heterocycles. The largest absolute Gasteiger partial charge is 0.342 e. The second kappa shape index (κ2) is 8.48. The second-order valence-electron chi connectivity index (χ2n) is 8.53. The van der Waals surface area contributed by atoms with Crippen LogP contribution in [-0.2, 0) is 24.3 Å². The number of aromatic nitrogens is 2. The molecule has 0 aliphatic carbocycles. The quantitative estimate of drug-likeness (QED) is 0.772. The van der Waals surface area contributed by atoms with Crippen molar-refractivity contribution in [1.29, 1.82) is 0 Å². The monoisotopic (exact) mass is 380 g/mol. The van der Waals surface area contributed by atoms with E-state index in [0.717, 1.165) is 58.5 Å². The molecule has 3 heterocycles. The number of amides is 1. The third-order valence-corrected chi connectivity index (χ3v) is 6.60. The lowest BCUT2D eigenvalue weighted by molar-refractivity contribution is -0.139. The Bertz CT molecular complexity index is 777. The molecule has 0 saturated carbocycles. The number of aryl methyl sites for hydroxylation is 1. The summed E-state index contributed by atoms with van der Waals surface area (Å²) >= 11 is 0. The van der Waals surface area contributed by atoms with Gasteiger partial charge in [0.05, 0.1) is 6.20 Å². The number of benzene rings is 1. The lowest BCUT2D eigenvalue weighted by Gasteiger charge is -2.47. The Hall–Kier alpha value is -2.14. The fourth-order valence-electron chi connectivity index (χ4n) is 4.73. The van der Waals surface area contributed by atoms with Gasteiger partial charge in [0.1, 0.15) is 0 Å². The van der Waals surface area contributed by atoms with Gasteiger partial charge < -0.3 is 4.90 Å². The van der Waals surface area contributed by atoms with Crippen molar-refractivity contribution in [1.82, 2.24) is 19.6 Å². The second-order valence-corrected chi connectivity index (χ2v) is 8.53. The van der Waals surface area contributed by atoms with Gasteiger partial charge in [0.25, 0.3) is 0 Å². The van der Waals surface area contributed by atoms with Crippen molar-refractivity contribution in [3.8, 4) is 0 Å². The third-order valence-electron chi connectivity index (χ3n) is 6.60. The van der Waals surface area contributed by atoms with Gasteiger partial charge >= 0.3 is 0 Å². The van der Waals surface area contributed by atoms with Crippen LogP contribution in [0.15, 0.2) is 42.7 Å². The zero-order chi connectivity index (χ0) is 19.4. The zero-order valence-corrected chi connectivity index (χ0v) is 17.0. The maximum Gasteiger partial charge on any atom is 0.222 e. The van der Waals surface area contributed by atoms with Gasteiger partial charge in [0, 0.05) is 44.4 Å². The molecule has 1 aromatic heterocycles. The Morgan fingerprint density at radius 3 is 2.57 bits per heavy atom. The summed E-state index contributed by atoms with van der Waals surface area (Å²) in [6, 6.07) is 10.5. The van der Waals surface area contributed by atoms with E-state index in [9.17, 15) is 4.79 Å². The van der Waals surface area contributed by atoms with Crippen LogP contribution in [0, 0.1) is 5.41 Å². The van der Waals surface area contributed by atoms with Gasteiger partial charge in [-0.1, -0.05) is 30.3 Å². The summed E-state index contributed by atoms with van der Waals surface area (Å²) in [4.78, 5) is 17.2. The van der Waals surface area contributed by atoms with E-state index in [1.165, 1.54) is 24.0 Å². The van der Waals surface area contributed by atoms with E-state index >= 15 is 0 Å². The maximum atomic E-state index is 12.5. The lowest BCUT2D eigenvalue weighted by atomic mass is 9.72. The zero-order valence-electron chi connectivity index (χ0n) is 17.0. The number of hydrogen-bond donors (Lipinski definition) is 0. The van der Waals surface area contributed by atoms with Crippen LogP contribution in [0.3, 0.4) is 0 Å². The minimum atomic E-state index is 0.328. The van der Waals surface area contributed by atoms with Crippen molar-refractivity contribution in [2.45, 2.75) is 52.1 Å². The van der Waals surface area contributed by atoms with Crippen LogP contribution >= 0.6 is 0 Å². The van der Waals surface area contributed by atoms with Crippen LogP contribution in [-0.4, -0.2) is 51.7 Å². The van der Waals surface area contributed by atoms with Crippen LogP contribution < -0.4 is 0 Å². The summed E-state index contributed by atoms with van der Waals surface area (Å²) in [6.07, 6.45) is 9.30. The molecule has 1 amide bonds. The van der Waals surface area contributed by atoms with E-state index < -0.39 is 0 Å². The molecule has 1 aromatic carbocycles. The molecule has 2 fully saturated rings. The Balaban J connectivity index is 1.30. The van der Waals surface area contributed by atoms with E-state index in [1.807, 2.05) is 16.9 Å². The predicted octanol–water partition coefficient (Wildman–Crippen LogP) is 3.35. The maximum absolute atomic E-state index is 12.5. The average molecular weight is 381 g/mol. The number of carbonyl (C=O) groups excluding carboxylic acids is 1. The Morgan fingerprint density at radius 2 is 1.86 bits per heavy atom. The van der Waals surface area contributed by atoms with Gasteiger partial charge in [-0.25, -0.2) is 0 Å². The molecule has 1 spiro atoms. The molecule has 0 bridgehead atoms. The molecule has 0 atom stereocenters. The van der Waals surface area contributed by atoms with E-state index in [2.05, 4.69) is 52.3 Å². The fourth-order valence-corrected chi connectivity index (χ4v) is 4.73. The Labute approximate surface area is 168 Å². The van der Waals surface area contributed by atoms with Crippen LogP contribution in [0.25, 0.3) is 0 Å². The van der Waals surface area contributed by atoms with E-state index in [1.54, 1.807) is 0 Å². The Morgan fingerprint density at radius 1 is 1.07 bits per heavy atom. The van der Waals surface area contributed by atoms with E-state index in [-0.39, 0.29) is 0 Å². The van der Waals surface area contributed by atoms with Crippen LogP contribution in [0.4, 0.5) is 0 Å². The highest BCUT2D eigenvalue weighted by atomic mass is 16.2. The van der Waals surface area contributed by atoms with Crippen molar-refractivity contribution < 1.29 is 4.79 Å². The molecule has 2 aromatic rings. The molecular weight excluding hydrogens is 348 g/mol. The SMILES string of the molecule is CCn1cc(CN2CCC3(CCC(=O)N(CCc4ccccc4)C3)CC2)cn1. The molecule has 28 heavy (non-hydrogen) atoms. The molecule has 0 radical (unpaired) electrons. The number of rotatable bonds is 6. The van der Waals surface area contributed by atoms with E-state index in [4.69, 9.17) is 0 Å². The van der Waals surface area contributed by atoms with E-state index in [0.29, 0.717) is 11.3 Å². The molecule has 2 aliphatic rings. The summed E-state index contributed by atoms with van der Waals surface area (Å²) in [5.41, 5.74) is 2.95. The summed E-state index contributed by atoms with van der Waals surface area (Å²) in [7, 11) is 0. The van der Waals surface area contributed by atoms with Crippen LogP contribution in [0.5, 0.6) is 0 Å². The first-order valence-corrected chi connectivity index (χ1v) is 10.7. The first-order chi connectivity index (χ1) is 13.7. The predicted molar refractivity (Wildman–Crippen MR) is 111 cm³/mol. The number of likely N-dealkylation sites (tertiary alicyclic amines) is 2. The fraction of sp³-hybridized carbons (Fsp3) is 0.565. The smallest absolute Gasteiger partial charge is 0.222 e. The molecule has 2 saturated heterocycles. The summed E-state index contributed by atoms with van der Waals surface area (Å²) in [5.74, 6) is 0.343. The minimum absolute atomic E-state index is 0.328. The lowest BCUT2D eigenvalue weighted by Crippen LogP contribution is -2.51. The molecule has 0 N–H and O–H groups in total.